The highest BCUT2D eigenvalue weighted by molar-refractivity contribution is 7.89. The highest BCUT2D eigenvalue weighted by Gasteiger charge is 2.10. The molecule has 2 aromatic rings. The van der Waals surface area contributed by atoms with E-state index in [9.17, 15) is 8.42 Å². The van der Waals surface area contributed by atoms with E-state index in [0.717, 1.165) is 11.1 Å². The van der Waals surface area contributed by atoms with Crippen molar-refractivity contribution < 1.29 is 8.42 Å². The lowest BCUT2D eigenvalue weighted by Gasteiger charge is -2.12. The SMILES string of the molecule is CCNC(=NCc1cccc(Cl)c1)NCCS(=O)(=O)NCc1ccccc1. The second kappa shape index (κ2) is 10.9. The van der Waals surface area contributed by atoms with Crippen molar-refractivity contribution in [2.45, 2.75) is 20.0 Å². The third-order valence-corrected chi connectivity index (χ3v) is 5.22. The van der Waals surface area contributed by atoms with E-state index in [0.29, 0.717) is 24.1 Å². The van der Waals surface area contributed by atoms with Gasteiger partial charge in [-0.05, 0) is 30.2 Å². The Labute approximate surface area is 166 Å². The van der Waals surface area contributed by atoms with Gasteiger partial charge in [-0.3, -0.25) is 0 Å². The molecule has 3 N–H and O–H groups in total. The van der Waals surface area contributed by atoms with Gasteiger partial charge in [-0.15, -0.1) is 0 Å². The molecule has 0 aromatic heterocycles. The van der Waals surface area contributed by atoms with Gasteiger partial charge in [0.2, 0.25) is 10.0 Å². The quantitative estimate of drug-likeness (QED) is 0.440. The molecule has 0 aliphatic carbocycles. The van der Waals surface area contributed by atoms with Gasteiger partial charge in [-0.2, -0.15) is 0 Å². The average molecular weight is 409 g/mol. The first-order chi connectivity index (χ1) is 13.0. The summed E-state index contributed by atoms with van der Waals surface area (Å²) < 4.78 is 26.9. The van der Waals surface area contributed by atoms with Crippen LogP contribution >= 0.6 is 11.6 Å². The summed E-state index contributed by atoms with van der Waals surface area (Å²) in [6.45, 7) is 3.63. The molecule has 0 spiro atoms. The van der Waals surface area contributed by atoms with E-state index >= 15 is 0 Å². The van der Waals surface area contributed by atoms with Crippen LogP contribution < -0.4 is 15.4 Å². The number of aliphatic imine (C=N–C) groups is 1. The van der Waals surface area contributed by atoms with Crippen molar-refractivity contribution in [1.82, 2.24) is 15.4 Å². The molecule has 2 rings (SSSR count). The van der Waals surface area contributed by atoms with Crippen molar-refractivity contribution in [3.63, 3.8) is 0 Å². The molecular formula is C19H25ClN4O2S. The van der Waals surface area contributed by atoms with Crippen molar-refractivity contribution >= 4 is 27.6 Å². The van der Waals surface area contributed by atoms with Crippen LogP contribution in [0.5, 0.6) is 0 Å². The summed E-state index contributed by atoms with van der Waals surface area (Å²) in [5.74, 6) is 0.525. The third-order valence-electron chi connectivity index (χ3n) is 3.66. The van der Waals surface area contributed by atoms with Gasteiger partial charge in [0.1, 0.15) is 0 Å². The van der Waals surface area contributed by atoms with Crippen LogP contribution in [-0.4, -0.2) is 33.2 Å². The van der Waals surface area contributed by atoms with E-state index in [1.165, 1.54) is 0 Å². The largest absolute Gasteiger partial charge is 0.357 e. The van der Waals surface area contributed by atoms with Crippen LogP contribution in [0.2, 0.25) is 5.02 Å². The Hall–Kier alpha value is -2.09. The van der Waals surface area contributed by atoms with E-state index in [1.807, 2.05) is 61.5 Å². The first-order valence-corrected chi connectivity index (χ1v) is 10.8. The normalized spacial score (nSPS) is 12.0. The molecule has 146 valence electrons. The zero-order valence-electron chi connectivity index (χ0n) is 15.3. The predicted octanol–water partition coefficient (Wildman–Crippen LogP) is 2.51. The van der Waals surface area contributed by atoms with Crippen LogP contribution in [-0.2, 0) is 23.1 Å². The lowest BCUT2D eigenvalue weighted by molar-refractivity contribution is 0.580. The molecule has 0 unspecified atom stereocenters. The van der Waals surface area contributed by atoms with Gasteiger partial charge in [-0.25, -0.2) is 18.1 Å². The summed E-state index contributed by atoms with van der Waals surface area (Å²) in [4.78, 5) is 4.46. The van der Waals surface area contributed by atoms with E-state index < -0.39 is 10.0 Å². The van der Waals surface area contributed by atoms with Crippen molar-refractivity contribution in [3.8, 4) is 0 Å². The molecule has 0 heterocycles. The molecule has 0 fully saturated rings. The number of hydrogen-bond donors (Lipinski definition) is 3. The molecule has 6 nitrogen and oxygen atoms in total. The molecule has 2 aromatic carbocycles. The van der Waals surface area contributed by atoms with Crippen molar-refractivity contribution in [1.29, 1.82) is 0 Å². The van der Waals surface area contributed by atoms with E-state index in [2.05, 4.69) is 20.3 Å². The molecule has 0 amide bonds. The molecule has 0 radical (unpaired) electrons. The summed E-state index contributed by atoms with van der Waals surface area (Å²) in [7, 11) is -3.38. The average Bonchev–Trinajstić information content (AvgIpc) is 2.65. The number of sulfonamides is 1. The minimum atomic E-state index is -3.38. The number of guanidine groups is 1. The van der Waals surface area contributed by atoms with Crippen molar-refractivity contribution in [3.05, 3.63) is 70.7 Å². The first kappa shape index (κ1) is 21.2. The maximum atomic E-state index is 12.1. The molecule has 0 saturated heterocycles. The lowest BCUT2D eigenvalue weighted by atomic mass is 10.2. The fraction of sp³-hybridized carbons (Fsp3) is 0.316. The topological polar surface area (TPSA) is 82.6 Å². The standard InChI is InChI=1S/C19H25ClN4O2S/c1-2-21-19(23-14-17-9-6-10-18(20)13-17)22-11-12-27(25,26)24-15-16-7-4-3-5-8-16/h3-10,13,24H,2,11-12,14-15H2,1H3,(H2,21,22,23). The van der Waals surface area contributed by atoms with Gasteiger partial charge in [0.15, 0.2) is 5.96 Å². The lowest BCUT2D eigenvalue weighted by Crippen LogP contribution is -2.41. The molecule has 0 bridgehead atoms. The van der Waals surface area contributed by atoms with Gasteiger partial charge in [-0.1, -0.05) is 54.1 Å². The molecule has 0 aliphatic heterocycles. The third kappa shape index (κ3) is 8.43. The molecule has 0 aliphatic rings. The molecule has 27 heavy (non-hydrogen) atoms. The zero-order chi connectivity index (χ0) is 19.5. The Morgan fingerprint density at radius 3 is 2.48 bits per heavy atom. The molecular weight excluding hydrogens is 384 g/mol. The van der Waals surface area contributed by atoms with E-state index in [1.54, 1.807) is 0 Å². The van der Waals surface area contributed by atoms with Crippen LogP contribution in [0.25, 0.3) is 0 Å². The first-order valence-electron chi connectivity index (χ1n) is 8.76. The van der Waals surface area contributed by atoms with Crippen LogP contribution in [0, 0.1) is 0 Å². The smallest absolute Gasteiger partial charge is 0.213 e. The molecule has 0 atom stereocenters. The number of rotatable bonds is 9. The molecule has 8 heteroatoms. The number of hydrogen-bond acceptors (Lipinski definition) is 3. The van der Waals surface area contributed by atoms with Gasteiger partial charge < -0.3 is 10.6 Å². The minimum Gasteiger partial charge on any atom is -0.357 e. The zero-order valence-corrected chi connectivity index (χ0v) is 16.9. The van der Waals surface area contributed by atoms with Gasteiger partial charge in [0, 0.05) is 24.7 Å². The highest BCUT2D eigenvalue weighted by atomic mass is 35.5. The number of nitrogens with one attached hydrogen (secondary N) is 3. The summed E-state index contributed by atoms with van der Waals surface area (Å²) in [5, 5.41) is 6.81. The Morgan fingerprint density at radius 2 is 1.78 bits per heavy atom. The van der Waals surface area contributed by atoms with Gasteiger partial charge in [0.25, 0.3) is 0 Å². The fourth-order valence-electron chi connectivity index (χ4n) is 2.31. The second-order valence-corrected chi connectivity index (χ2v) is 8.24. The summed E-state index contributed by atoms with van der Waals surface area (Å²) in [6.07, 6.45) is 0. The summed E-state index contributed by atoms with van der Waals surface area (Å²) in [6, 6.07) is 16.9. The van der Waals surface area contributed by atoms with Gasteiger partial charge in [0.05, 0.1) is 12.3 Å². The number of halogens is 1. The van der Waals surface area contributed by atoms with E-state index in [4.69, 9.17) is 11.6 Å². The Balaban J connectivity index is 1.82. The van der Waals surface area contributed by atoms with E-state index in [-0.39, 0.29) is 18.8 Å². The summed E-state index contributed by atoms with van der Waals surface area (Å²) in [5.41, 5.74) is 1.90. The maximum Gasteiger partial charge on any atom is 0.213 e. The Kier molecular flexibility index (Phi) is 8.57. The van der Waals surface area contributed by atoms with Crippen molar-refractivity contribution in [2.24, 2.45) is 4.99 Å². The predicted molar refractivity (Wildman–Crippen MR) is 111 cm³/mol. The van der Waals surface area contributed by atoms with Crippen LogP contribution in [0.1, 0.15) is 18.1 Å². The van der Waals surface area contributed by atoms with Crippen LogP contribution in [0.4, 0.5) is 0 Å². The second-order valence-electron chi connectivity index (χ2n) is 5.88. The van der Waals surface area contributed by atoms with Crippen LogP contribution in [0.3, 0.4) is 0 Å². The Morgan fingerprint density at radius 1 is 1.04 bits per heavy atom. The summed E-state index contributed by atoms with van der Waals surface area (Å²) >= 11 is 5.98. The van der Waals surface area contributed by atoms with Gasteiger partial charge >= 0.3 is 0 Å². The highest BCUT2D eigenvalue weighted by Crippen LogP contribution is 2.11. The van der Waals surface area contributed by atoms with Crippen LogP contribution in [0.15, 0.2) is 59.6 Å². The van der Waals surface area contributed by atoms with Crippen molar-refractivity contribution in [2.75, 3.05) is 18.8 Å². The minimum absolute atomic E-state index is 0.0403. The number of nitrogens with zero attached hydrogens (tertiary/aromatic N) is 1. The fourth-order valence-corrected chi connectivity index (χ4v) is 3.43. The maximum absolute atomic E-state index is 12.1. The monoisotopic (exact) mass is 408 g/mol. The Bertz CT molecular complexity index is 842. The number of benzene rings is 2. The molecule has 0 saturated carbocycles.